The Hall–Kier alpha value is -8.66. The molecular formula is C65H44N2O. The van der Waals surface area contributed by atoms with E-state index in [-0.39, 0.29) is 0 Å². The van der Waals surface area contributed by atoms with Crippen molar-refractivity contribution in [1.29, 1.82) is 0 Å². The van der Waals surface area contributed by atoms with E-state index < -0.39 is 5.41 Å². The second kappa shape index (κ2) is 15.8. The summed E-state index contributed by atoms with van der Waals surface area (Å²) >= 11 is 0. The molecular weight excluding hydrogens is 825 g/mol. The van der Waals surface area contributed by atoms with E-state index in [1.54, 1.807) is 0 Å². The van der Waals surface area contributed by atoms with Gasteiger partial charge in [-0.1, -0.05) is 199 Å². The van der Waals surface area contributed by atoms with Gasteiger partial charge in [0.05, 0.1) is 16.8 Å². The molecule has 2 heterocycles. The van der Waals surface area contributed by atoms with Crippen molar-refractivity contribution >= 4 is 10.8 Å². The van der Waals surface area contributed by atoms with Gasteiger partial charge in [0.15, 0.2) is 5.82 Å². The highest BCUT2D eigenvalue weighted by Gasteiger charge is 2.51. The molecule has 0 bridgehead atoms. The Labute approximate surface area is 396 Å². The Morgan fingerprint density at radius 2 is 0.824 bits per heavy atom. The molecule has 1 aliphatic heterocycles. The number of para-hydroxylation sites is 2. The standard InChI is InChI=1S/C65H44N2O/c1-41-14-11-18-46(34-41)50-37-51(47-19-12-15-42(2)35-47)39-52(38-50)60-40-59(45-31-28-44(29-32-45)49-33-30-43-16-3-4-17-48(43)36-49)66-64(67-60)54-21-13-25-58-63(54)53-20-5-6-22-55(53)65(58)56-23-7-9-26-61(56)68-62-27-10-8-24-57(62)65/h3-40H,1-2H3. The highest BCUT2D eigenvalue weighted by atomic mass is 16.5. The van der Waals surface area contributed by atoms with Crippen LogP contribution in [-0.2, 0) is 5.41 Å². The van der Waals surface area contributed by atoms with Crippen LogP contribution in [0.5, 0.6) is 11.5 Å². The zero-order valence-electron chi connectivity index (χ0n) is 37.7. The Morgan fingerprint density at radius 3 is 1.50 bits per heavy atom. The molecule has 1 spiro atoms. The highest BCUT2D eigenvalue weighted by Crippen LogP contribution is 2.63. The van der Waals surface area contributed by atoms with Crippen LogP contribution in [0, 0.1) is 13.8 Å². The average Bonchev–Trinajstić information content (AvgIpc) is 3.69. The van der Waals surface area contributed by atoms with Gasteiger partial charge in [0.25, 0.3) is 0 Å². The minimum atomic E-state index is -0.614. The summed E-state index contributed by atoms with van der Waals surface area (Å²) in [6.45, 7) is 4.31. The largest absolute Gasteiger partial charge is 0.457 e. The number of nitrogens with zero attached hydrogens (tertiary/aromatic N) is 2. The number of aromatic nitrogens is 2. The first-order valence-electron chi connectivity index (χ1n) is 23.4. The molecule has 0 fully saturated rings. The van der Waals surface area contributed by atoms with Crippen LogP contribution in [0.25, 0.3) is 89.2 Å². The number of hydrogen-bond donors (Lipinski definition) is 0. The lowest BCUT2D eigenvalue weighted by atomic mass is 9.66. The molecule has 0 unspecified atom stereocenters. The summed E-state index contributed by atoms with van der Waals surface area (Å²) in [7, 11) is 0. The quantitative estimate of drug-likeness (QED) is 0.167. The van der Waals surface area contributed by atoms with Crippen LogP contribution >= 0.6 is 0 Å². The Morgan fingerprint density at radius 1 is 0.324 bits per heavy atom. The molecule has 0 saturated carbocycles. The highest BCUT2D eigenvalue weighted by molar-refractivity contribution is 5.96. The number of aryl methyl sites for hydroxylation is 2. The Kier molecular flexibility index (Phi) is 9.19. The minimum absolute atomic E-state index is 0.614. The van der Waals surface area contributed by atoms with Gasteiger partial charge in [-0.25, -0.2) is 9.97 Å². The molecule has 1 aliphatic carbocycles. The fourth-order valence-corrected chi connectivity index (χ4v) is 10.9. The maximum absolute atomic E-state index is 6.67. The second-order valence-electron chi connectivity index (χ2n) is 18.3. The van der Waals surface area contributed by atoms with Gasteiger partial charge >= 0.3 is 0 Å². The van der Waals surface area contributed by atoms with E-state index in [1.165, 1.54) is 55.3 Å². The van der Waals surface area contributed by atoms with E-state index in [0.29, 0.717) is 5.82 Å². The predicted octanol–water partition coefficient (Wildman–Crippen LogP) is 16.7. The molecule has 0 radical (unpaired) electrons. The molecule has 3 nitrogen and oxygen atoms in total. The van der Waals surface area contributed by atoms with E-state index >= 15 is 0 Å². The third-order valence-electron chi connectivity index (χ3n) is 14.0. The molecule has 3 heteroatoms. The lowest BCUT2D eigenvalue weighted by molar-refractivity contribution is 0.436. The van der Waals surface area contributed by atoms with E-state index in [9.17, 15) is 0 Å². The predicted molar refractivity (Wildman–Crippen MR) is 279 cm³/mol. The normalized spacial score (nSPS) is 12.8. The third-order valence-corrected chi connectivity index (χ3v) is 14.0. The number of ether oxygens (including phenoxy) is 1. The molecule has 0 N–H and O–H groups in total. The first-order chi connectivity index (χ1) is 33.5. The summed E-state index contributed by atoms with van der Waals surface area (Å²) in [6.07, 6.45) is 0. The van der Waals surface area contributed by atoms with Crippen molar-refractivity contribution < 1.29 is 4.74 Å². The molecule has 2 aliphatic rings. The molecule has 11 aromatic rings. The van der Waals surface area contributed by atoms with Gasteiger partial charge in [-0.15, -0.1) is 0 Å². The molecule has 1 aromatic heterocycles. The number of rotatable bonds is 6. The first kappa shape index (κ1) is 39.7. The van der Waals surface area contributed by atoms with Crippen LogP contribution in [0.15, 0.2) is 231 Å². The SMILES string of the molecule is Cc1cccc(-c2cc(-c3cccc(C)c3)cc(-c3cc(-c4ccc(-c5ccc6ccccc6c5)cc4)nc(-c4cccc5c4-c4ccccc4C54c5ccccc5Oc5ccccc54)n3)c2)c1. The lowest BCUT2D eigenvalue weighted by Crippen LogP contribution is -2.32. The van der Waals surface area contributed by atoms with E-state index in [4.69, 9.17) is 14.7 Å². The number of benzene rings is 10. The third kappa shape index (κ3) is 6.42. The van der Waals surface area contributed by atoms with Crippen molar-refractivity contribution in [3.05, 3.63) is 264 Å². The minimum Gasteiger partial charge on any atom is -0.457 e. The number of fused-ring (bicyclic) bond motifs is 10. The fraction of sp³-hybridized carbons (Fsp3) is 0.0462. The van der Waals surface area contributed by atoms with Crippen LogP contribution in [-0.4, -0.2) is 9.97 Å². The summed E-state index contributed by atoms with van der Waals surface area (Å²) in [5.74, 6) is 2.40. The van der Waals surface area contributed by atoms with Crippen molar-refractivity contribution in [2.45, 2.75) is 19.3 Å². The van der Waals surface area contributed by atoms with E-state index in [1.807, 2.05) is 0 Å². The van der Waals surface area contributed by atoms with Gasteiger partial charge in [-0.05, 0) is 123 Å². The van der Waals surface area contributed by atoms with Gasteiger partial charge in [-0.2, -0.15) is 0 Å². The van der Waals surface area contributed by atoms with E-state index in [2.05, 4.69) is 244 Å². The van der Waals surface area contributed by atoms with Gasteiger partial charge in [-0.3, -0.25) is 0 Å². The van der Waals surface area contributed by atoms with Gasteiger partial charge in [0.2, 0.25) is 0 Å². The molecule has 10 aromatic carbocycles. The zero-order chi connectivity index (χ0) is 45.3. The number of hydrogen-bond acceptors (Lipinski definition) is 3. The summed E-state index contributed by atoms with van der Waals surface area (Å²) < 4.78 is 6.67. The van der Waals surface area contributed by atoms with Crippen molar-refractivity contribution in [3.8, 4) is 89.9 Å². The summed E-state index contributed by atoms with van der Waals surface area (Å²) in [6, 6.07) is 83.2. The lowest BCUT2D eigenvalue weighted by Gasteiger charge is -2.39. The maximum Gasteiger partial charge on any atom is 0.161 e. The zero-order valence-corrected chi connectivity index (χ0v) is 37.7. The Bertz CT molecular complexity index is 3700. The van der Waals surface area contributed by atoms with Crippen LogP contribution in [0.4, 0.5) is 0 Å². The monoisotopic (exact) mass is 868 g/mol. The molecule has 320 valence electrons. The molecule has 68 heavy (non-hydrogen) atoms. The molecule has 0 saturated heterocycles. The van der Waals surface area contributed by atoms with Crippen molar-refractivity contribution in [2.75, 3.05) is 0 Å². The molecule has 13 rings (SSSR count). The van der Waals surface area contributed by atoms with Crippen LogP contribution in [0.1, 0.15) is 33.4 Å². The van der Waals surface area contributed by atoms with E-state index in [0.717, 1.165) is 73.0 Å². The fourth-order valence-electron chi connectivity index (χ4n) is 10.9. The molecule has 0 amide bonds. The van der Waals surface area contributed by atoms with Gasteiger partial charge in [0.1, 0.15) is 11.5 Å². The van der Waals surface area contributed by atoms with Crippen molar-refractivity contribution in [2.24, 2.45) is 0 Å². The first-order valence-corrected chi connectivity index (χ1v) is 23.4. The molecule has 0 atom stereocenters. The summed E-state index contributed by atoms with van der Waals surface area (Å²) in [5, 5.41) is 2.46. The van der Waals surface area contributed by atoms with Crippen LogP contribution < -0.4 is 4.74 Å². The second-order valence-corrected chi connectivity index (χ2v) is 18.3. The van der Waals surface area contributed by atoms with Crippen LogP contribution in [0.3, 0.4) is 0 Å². The Balaban J connectivity index is 1.05. The van der Waals surface area contributed by atoms with Gasteiger partial charge < -0.3 is 4.74 Å². The maximum atomic E-state index is 6.67. The van der Waals surface area contributed by atoms with Crippen LogP contribution in [0.2, 0.25) is 0 Å². The average molecular weight is 869 g/mol. The smallest absolute Gasteiger partial charge is 0.161 e. The summed E-state index contributed by atoms with van der Waals surface area (Å²) in [4.78, 5) is 11.2. The summed E-state index contributed by atoms with van der Waals surface area (Å²) in [5.41, 5.74) is 20.5. The van der Waals surface area contributed by atoms with Crippen molar-refractivity contribution in [1.82, 2.24) is 9.97 Å². The topological polar surface area (TPSA) is 35.0 Å². The van der Waals surface area contributed by atoms with Crippen molar-refractivity contribution in [3.63, 3.8) is 0 Å². The van der Waals surface area contributed by atoms with Gasteiger partial charge in [0, 0.05) is 27.8 Å².